The van der Waals surface area contributed by atoms with E-state index in [2.05, 4.69) is 5.10 Å². The Balaban J connectivity index is 1.56. The first-order chi connectivity index (χ1) is 13.5. The zero-order chi connectivity index (χ0) is 19.7. The molecule has 1 saturated heterocycles. The van der Waals surface area contributed by atoms with Crippen LogP contribution in [0.2, 0.25) is 0 Å². The van der Waals surface area contributed by atoms with Gasteiger partial charge in [-0.3, -0.25) is 9.59 Å². The van der Waals surface area contributed by atoms with Crippen molar-refractivity contribution in [1.82, 2.24) is 14.7 Å². The van der Waals surface area contributed by atoms with Crippen LogP contribution >= 0.6 is 0 Å². The summed E-state index contributed by atoms with van der Waals surface area (Å²) in [6.07, 6.45) is 2.77. The number of halogens is 1. The van der Waals surface area contributed by atoms with E-state index in [1.54, 1.807) is 25.2 Å². The molecular formula is C22H22FN3O2. The first kappa shape index (κ1) is 18.3. The van der Waals surface area contributed by atoms with Crippen LogP contribution in [0, 0.1) is 5.82 Å². The normalized spacial score (nSPS) is 16.6. The second kappa shape index (κ2) is 7.54. The molecule has 1 atom stereocenters. The monoisotopic (exact) mass is 379 g/mol. The van der Waals surface area contributed by atoms with Crippen LogP contribution in [0.25, 0.3) is 10.8 Å². The molecule has 0 aliphatic carbocycles. The molecule has 1 aromatic heterocycles. The smallest absolute Gasteiger partial charge is 0.274 e. The Kier molecular flexibility index (Phi) is 4.94. The molecule has 0 bridgehead atoms. The van der Waals surface area contributed by atoms with Gasteiger partial charge in [-0.25, -0.2) is 9.07 Å². The number of carbonyl (C=O) groups is 1. The molecule has 0 N–H and O–H groups in total. The molecule has 1 unspecified atom stereocenters. The maximum absolute atomic E-state index is 13.1. The third kappa shape index (κ3) is 3.54. The van der Waals surface area contributed by atoms with Crippen molar-refractivity contribution in [2.45, 2.75) is 31.7 Å². The molecule has 0 radical (unpaired) electrons. The lowest BCUT2D eigenvalue weighted by Gasteiger charge is -2.25. The largest absolute Gasteiger partial charge is 0.339 e. The highest BCUT2D eigenvalue weighted by atomic mass is 19.1. The highest BCUT2D eigenvalue weighted by Crippen LogP contribution is 2.23. The van der Waals surface area contributed by atoms with Crippen molar-refractivity contribution in [3.05, 3.63) is 76.0 Å². The maximum atomic E-state index is 13.1. The molecule has 2 heterocycles. The lowest BCUT2D eigenvalue weighted by atomic mass is 10.0. The minimum Gasteiger partial charge on any atom is -0.339 e. The molecule has 0 spiro atoms. The quantitative estimate of drug-likeness (QED) is 0.700. The van der Waals surface area contributed by atoms with Crippen molar-refractivity contribution in [2.75, 3.05) is 6.54 Å². The highest BCUT2D eigenvalue weighted by molar-refractivity contribution is 5.88. The fourth-order valence-electron chi connectivity index (χ4n) is 4.02. The van der Waals surface area contributed by atoms with Crippen LogP contribution in [-0.2, 0) is 24.7 Å². The molecular weight excluding hydrogens is 357 g/mol. The van der Waals surface area contributed by atoms with E-state index in [0.29, 0.717) is 24.0 Å². The van der Waals surface area contributed by atoms with Crippen LogP contribution < -0.4 is 5.56 Å². The van der Waals surface area contributed by atoms with Crippen LogP contribution in [0.1, 0.15) is 24.1 Å². The van der Waals surface area contributed by atoms with Gasteiger partial charge in [-0.1, -0.05) is 30.3 Å². The SMILES string of the molecule is Cn1nc(CC(=O)N2CCCC2Cc2ccc(F)cc2)c2ccccc2c1=O. The number of likely N-dealkylation sites (tertiary alicyclic amines) is 1. The number of benzene rings is 2. The van der Waals surface area contributed by atoms with Crippen LogP contribution in [0.5, 0.6) is 0 Å². The number of fused-ring (bicyclic) bond motifs is 1. The van der Waals surface area contributed by atoms with Gasteiger partial charge < -0.3 is 4.90 Å². The number of aryl methyl sites for hydroxylation is 1. The van der Waals surface area contributed by atoms with E-state index < -0.39 is 0 Å². The van der Waals surface area contributed by atoms with Gasteiger partial charge in [0.15, 0.2) is 0 Å². The Hall–Kier alpha value is -3.02. The molecule has 1 fully saturated rings. The molecule has 1 aliphatic rings. The van der Waals surface area contributed by atoms with Gasteiger partial charge in [0.25, 0.3) is 5.56 Å². The second-order valence-corrected chi connectivity index (χ2v) is 7.31. The Morgan fingerprint density at radius 3 is 2.61 bits per heavy atom. The molecule has 28 heavy (non-hydrogen) atoms. The van der Waals surface area contributed by atoms with Crippen molar-refractivity contribution < 1.29 is 9.18 Å². The molecule has 1 aliphatic heterocycles. The lowest BCUT2D eigenvalue weighted by molar-refractivity contribution is -0.131. The zero-order valence-corrected chi connectivity index (χ0v) is 15.8. The van der Waals surface area contributed by atoms with Gasteiger partial charge >= 0.3 is 0 Å². The number of amides is 1. The highest BCUT2D eigenvalue weighted by Gasteiger charge is 2.29. The topological polar surface area (TPSA) is 55.2 Å². The van der Waals surface area contributed by atoms with E-state index in [1.807, 2.05) is 23.1 Å². The van der Waals surface area contributed by atoms with Crippen molar-refractivity contribution >= 4 is 16.7 Å². The molecule has 144 valence electrons. The minimum atomic E-state index is -0.254. The standard InChI is InChI=1S/C22H22FN3O2/c1-25-22(28)19-7-3-2-6-18(19)20(24-25)14-21(27)26-12-4-5-17(26)13-15-8-10-16(23)11-9-15/h2-3,6-11,17H,4-5,12-14H2,1H3. The van der Waals surface area contributed by atoms with Gasteiger partial charge in [-0.05, 0) is 43.0 Å². The Morgan fingerprint density at radius 1 is 1.14 bits per heavy atom. The van der Waals surface area contributed by atoms with Crippen LogP contribution in [0.4, 0.5) is 4.39 Å². The first-order valence-corrected chi connectivity index (χ1v) is 9.52. The second-order valence-electron chi connectivity index (χ2n) is 7.31. The summed E-state index contributed by atoms with van der Waals surface area (Å²) in [6.45, 7) is 0.717. The third-order valence-electron chi connectivity index (χ3n) is 5.43. The van der Waals surface area contributed by atoms with Gasteiger partial charge in [0.2, 0.25) is 5.91 Å². The number of hydrogen-bond acceptors (Lipinski definition) is 3. The number of nitrogens with zero attached hydrogens (tertiary/aromatic N) is 3. The van der Waals surface area contributed by atoms with Crippen LogP contribution in [0.15, 0.2) is 53.3 Å². The summed E-state index contributed by atoms with van der Waals surface area (Å²) >= 11 is 0. The van der Waals surface area contributed by atoms with Crippen molar-refractivity contribution in [3.63, 3.8) is 0 Å². The lowest BCUT2D eigenvalue weighted by Crippen LogP contribution is -2.38. The van der Waals surface area contributed by atoms with Crippen molar-refractivity contribution in [1.29, 1.82) is 0 Å². The van der Waals surface area contributed by atoms with E-state index in [0.717, 1.165) is 23.8 Å². The summed E-state index contributed by atoms with van der Waals surface area (Å²) in [7, 11) is 1.61. The third-order valence-corrected chi connectivity index (χ3v) is 5.43. The molecule has 4 rings (SSSR count). The average Bonchev–Trinajstić information content (AvgIpc) is 3.16. The number of aromatic nitrogens is 2. The molecule has 1 amide bonds. The zero-order valence-electron chi connectivity index (χ0n) is 15.8. The van der Waals surface area contributed by atoms with Crippen LogP contribution in [-0.4, -0.2) is 33.2 Å². The summed E-state index contributed by atoms with van der Waals surface area (Å²) in [5.74, 6) is -0.239. The Bertz CT molecular complexity index is 1080. The minimum absolute atomic E-state index is 0.0147. The van der Waals surface area contributed by atoms with E-state index in [-0.39, 0.29) is 29.7 Å². The van der Waals surface area contributed by atoms with Gasteiger partial charge in [0.05, 0.1) is 17.5 Å². The van der Waals surface area contributed by atoms with Crippen molar-refractivity contribution in [2.24, 2.45) is 7.05 Å². The van der Waals surface area contributed by atoms with E-state index in [9.17, 15) is 14.0 Å². The number of rotatable bonds is 4. The first-order valence-electron chi connectivity index (χ1n) is 9.52. The summed E-state index contributed by atoms with van der Waals surface area (Å²) in [5.41, 5.74) is 1.48. The molecule has 6 heteroatoms. The Labute approximate surface area is 162 Å². The van der Waals surface area contributed by atoms with Gasteiger partial charge in [-0.2, -0.15) is 5.10 Å². The molecule has 3 aromatic rings. The van der Waals surface area contributed by atoms with E-state index >= 15 is 0 Å². The van der Waals surface area contributed by atoms with E-state index in [1.165, 1.54) is 16.8 Å². The molecule has 2 aromatic carbocycles. The predicted octanol–water partition coefficient (Wildman–Crippen LogP) is 2.85. The number of hydrogen-bond donors (Lipinski definition) is 0. The molecule has 5 nitrogen and oxygen atoms in total. The van der Waals surface area contributed by atoms with Crippen LogP contribution in [0.3, 0.4) is 0 Å². The Morgan fingerprint density at radius 2 is 1.86 bits per heavy atom. The average molecular weight is 379 g/mol. The summed E-state index contributed by atoms with van der Waals surface area (Å²) < 4.78 is 14.4. The molecule has 0 saturated carbocycles. The number of carbonyl (C=O) groups excluding carboxylic acids is 1. The summed E-state index contributed by atoms with van der Waals surface area (Å²) in [5, 5.41) is 5.65. The van der Waals surface area contributed by atoms with E-state index in [4.69, 9.17) is 0 Å². The predicted molar refractivity (Wildman–Crippen MR) is 106 cm³/mol. The fraction of sp³-hybridized carbons (Fsp3) is 0.318. The van der Waals surface area contributed by atoms with Crippen molar-refractivity contribution in [3.8, 4) is 0 Å². The summed E-state index contributed by atoms with van der Waals surface area (Å²) in [4.78, 5) is 27.2. The fourth-order valence-corrected chi connectivity index (χ4v) is 4.02. The maximum Gasteiger partial charge on any atom is 0.274 e. The van der Waals surface area contributed by atoms with Gasteiger partial charge in [-0.15, -0.1) is 0 Å². The van der Waals surface area contributed by atoms with Gasteiger partial charge in [0, 0.05) is 25.0 Å². The summed E-state index contributed by atoms with van der Waals surface area (Å²) in [6, 6.07) is 13.8. The van der Waals surface area contributed by atoms with Gasteiger partial charge in [0.1, 0.15) is 5.82 Å².